The highest BCUT2D eigenvalue weighted by Crippen LogP contribution is 2.36. The quantitative estimate of drug-likeness (QED) is 0.875. The second-order valence-electron chi connectivity index (χ2n) is 6.03. The van der Waals surface area contributed by atoms with Crippen molar-refractivity contribution >= 4 is 17.5 Å². The zero-order chi connectivity index (χ0) is 15.3. The van der Waals surface area contributed by atoms with Crippen LogP contribution in [-0.2, 0) is 4.74 Å². The molecule has 2 aliphatic rings. The van der Waals surface area contributed by atoms with Crippen molar-refractivity contribution in [2.24, 2.45) is 0 Å². The van der Waals surface area contributed by atoms with E-state index >= 15 is 0 Å². The van der Waals surface area contributed by atoms with Gasteiger partial charge in [-0.25, -0.2) is 4.98 Å². The van der Waals surface area contributed by atoms with Crippen LogP contribution in [0.15, 0.2) is 24.4 Å². The molecule has 4 rings (SSSR count). The standard InChI is InChI=1S/C16H19N5O/c1-9-4-10(13-6-19-16(18)20-15(13)17)2-3-14(9)21-7-12-5-11(21)8-22-12/h2-4,6,11-12H,5,7-8H2,1H3,(H4,17,18,19,20)/t11-,12-/m0/s1. The summed E-state index contributed by atoms with van der Waals surface area (Å²) in [5.41, 5.74) is 15.8. The van der Waals surface area contributed by atoms with Gasteiger partial charge in [0.1, 0.15) is 5.82 Å². The lowest BCUT2D eigenvalue weighted by molar-refractivity contribution is 0.0991. The fourth-order valence-corrected chi connectivity index (χ4v) is 3.47. The number of benzene rings is 1. The molecular weight excluding hydrogens is 278 g/mol. The summed E-state index contributed by atoms with van der Waals surface area (Å²) in [6, 6.07) is 6.87. The number of aromatic nitrogens is 2. The highest BCUT2D eigenvalue weighted by atomic mass is 16.5. The number of hydrogen-bond acceptors (Lipinski definition) is 6. The van der Waals surface area contributed by atoms with Crippen LogP contribution in [0.4, 0.5) is 17.5 Å². The zero-order valence-electron chi connectivity index (χ0n) is 12.5. The second-order valence-corrected chi connectivity index (χ2v) is 6.03. The van der Waals surface area contributed by atoms with Crippen molar-refractivity contribution in [2.75, 3.05) is 29.5 Å². The maximum absolute atomic E-state index is 5.96. The van der Waals surface area contributed by atoms with Gasteiger partial charge in [-0.3, -0.25) is 0 Å². The molecule has 2 fully saturated rings. The summed E-state index contributed by atoms with van der Waals surface area (Å²) >= 11 is 0. The third-order valence-corrected chi connectivity index (χ3v) is 4.55. The Balaban J connectivity index is 1.68. The number of aryl methyl sites for hydroxylation is 1. The number of anilines is 3. The van der Waals surface area contributed by atoms with E-state index in [0.717, 1.165) is 30.7 Å². The molecule has 2 saturated heterocycles. The van der Waals surface area contributed by atoms with Crippen LogP contribution in [-0.4, -0.2) is 35.3 Å². The molecule has 0 unspecified atom stereocenters. The van der Waals surface area contributed by atoms with Gasteiger partial charge in [0.05, 0.1) is 18.8 Å². The summed E-state index contributed by atoms with van der Waals surface area (Å²) in [5.74, 6) is 0.607. The minimum Gasteiger partial charge on any atom is -0.383 e. The average molecular weight is 297 g/mol. The zero-order valence-corrected chi connectivity index (χ0v) is 12.5. The van der Waals surface area contributed by atoms with Crippen molar-refractivity contribution in [1.29, 1.82) is 0 Å². The molecule has 3 heterocycles. The summed E-state index contributed by atoms with van der Waals surface area (Å²) in [5, 5.41) is 0. The van der Waals surface area contributed by atoms with Gasteiger partial charge in [0.25, 0.3) is 0 Å². The summed E-state index contributed by atoms with van der Waals surface area (Å²) in [7, 11) is 0. The SMILES string of the molecule is Cc1cc(-c2cnc(N)nc2N)ccc1N1C[C@@H]2C[C@H]1CO2. The molecule has 2 aliphatic heterocycles. The molecule has 2 bridgehead atoms. The number of hydrogen-bond donors (Lipinski definition) is 2. The van der Waals surface area contributed by atoms with Crippen LogP contribution in [0.5, 0.6) is 0 Å². The molecule has 6 heteroatoms. The molecule has 1 aromatic heterocycles. The number of nitrogens with zero attached hydrogens (tertiary/aromatic N) is 3. The van der Waals surface area contributed by atoms with Crippen LogP contribution in [0.3, 0.4) is 0 Å². The Kier molecular flexibility index (Phi) is 2.94. The number of nitrogen functional groups attached to an aromatic ring is 2. The van der Waals surface area contributed by atoms with Crippen molar-refractivity contribution in [3.63, 3.8) is 0 Å². The van der Waals surface area contributed by atoms with Crippen LogP contribution in [0.2, 0.25) is 0 Å². The van der Waals surface area contributed by atoms with Crippen LogP contribution in [0, 0.1) is 6.92 Å². The van der Waals surface area contributed by atoms with E-state index in [9.17, 15) is 0 Å². The molecule has 0 saturated carbocycles. The van der Waals surface area contributed by atoms with Gasteiger partial charge < -0.3 is 21.1 Å². The first kappa shape index (κ1) is 13.3. The molecular formula is C16H19N5O. The van der Waals surface area contributed by atoms with Crippen LogP contribution >= 0.6 is 0 Å². The minimum absolute atomic E-state index is 0.197. The van der Waals surface area contributed by atoms with Crippen LogP contribution in [0.1, 0.15) is 12.0 Å². The van der Waals surface area contributed by atoms with Gasteiger partial charge in [-0.15, -0.1) is 0 Å². The fraction of sp³-hybridized carbons (Fsp3) is 0.375. The third-order valence-electron chi connectivity index (χ3n) is 4.55. The molecule has 0 radical (unpaired) electrons. The predicted molar refractivity (Wildman–Crippen MR) is 86.5 cm³/mol. The molecule has 0 amide bonds. The van der Waals surface area contributed by atoms with Gasteiger partial charge in [-0.05, 0) is 36.6 Å². The van der Waals surface area contributed by atoms with E-state index in [-0.39, 0.29) is 5.95 Å². The maximum atomic E-state index is 5.96. The van der Waals surface area contributed by atoms with E-state index < -0.39 is 0 Å². The van der Waals surface area contributed by atoms with Gasteiger partial charge in [-0.2, -0.15) is 4.98 Å². The van der Waals surface area contributed by atoms with Crippen molar-refractivity contribution in [3.05, 3.63) is 30.0 Å². The lowest BCUT2D eigenvalue weighted by Crippen LogP contribution is -2.37. The summed E-state index contributed by atoms with van der Waals surface area (Å²) in [6.45, 7) is 3.95. The van der Waals surface area contributed by atoms with E-state index in [2.05, 4.69) is 40.0 Å². The highest BCUT2D eigenvalue weighted by Gasteiger charge is 2.39. The molecule has 4 N–H and O–H groups in total. The largest absolute Gasteiger partial charge is 0.383 e. The smallest absolute Gasteiger partial charge is 0.221 e. The molecule has 0 spiro atoms. The Labute approximate surface area is 129 Å². The Morgan fingerprint density at radius 2 is 2.18 bits per heavy atom. The molecule has 1 aromatic carbocycles. The van der Waals surface area contributed by atoms with Crippen molar-refractivity contribution in [2.45, 2.75) is 25.5 Å². The predicted octanol–water partition coefficient (Wildman–Crippen LogP) is 1.59. The topological polar surface area (TPSA) is 90.3 Å². The lowest BCUT2D eigenvalue weighted by Gasteiger charge is -2.30. The van der Waals surface area contributed by atoms with Gasteiger partial charge in [0.15, 0.2) is 0 Å². The lowest BCUT2D eigenvalue weighted by atomic mass is 10.0. The van der Waals surface area contributed by atoms with Crippen molar-refractivity contribution < 1.29 is 4.74 Å². The second kappa shape index (κ2) is 4.84. The number of ether oxygens (including phenoxy) is 1. The molecule has 6 nitrogen and oxygen atoms in total. The summed E-state index contributed by atoms with van der Waals surface area (Å²) < 4.78 is 5.68. The minimum atomic E-state index is 0.197. The Morgan fingerprint density at radius 3 is 2.82 bits per heavy atom. The Hall–Kier alpha value is -2.34. The highest BCUT2D eigenvalue weighted by molar-refractivity contribution is 5.76. The monoisotopic (exact) mass is 297 g/mol. The van der Waals surface area contributed by atoms with Gasteiger partial charge >= 0.3 is 0 Å². The normalized spacial score (nSPS) is 23.2. The van der Waals surface area contributed by atoms with Gasteiger partial charge in [-0.1, -0.05) is 6.07 Å². The number of rotatable bonds is 2. The van der Waals surface area contributed by atoms with Crippen LogP contribution in [0.25, 0.3) is 11.1 Å². The number of nitrogens with two attached hydrogens (primary N) is 2. The van der Waals surface area contributed by atoms with E-state index in [1.807, 2.05) is 0 Å². The Morgan fingerprint density at radius 1 is 1.32 bits per heavy atom. The first-order chi connectivity index (χ1) is 10.6. The van der Waals surface area contributed by atoms with Crippen LogP contribution < -0.4 is 16.4 Å². The molecule has 2 atom stereocenters. The van der Waals surface area contributed by atoms with E-state index in [0.29, 0.717) is 18.0 Å². The molecule has 22 heavy (non-hydrogen) atoms. The van der Waals surface area contributed by atoms with E-state index in [1.165, 1.54) is 11.3 Å². The molecule has 2 aromatic rings. The fourth-order valence-electron chi connectivity index (χ4n) is 3.47. The van der Waals surface area contributed by atoms with E-state index in [4.69, 9.17) is 16.2 Å². The molecule has 114 valence electrons. The maximum Gasteiger partial charge on any atom is 0.221 e. The third kappa shape index (κ3) is 2.07. The van der Waals surface area contributed by atoms with Gasteiger partial charge in [0.2, 0.25) is 5.95 Å². The van der Waals surface area contributed by atoms with E-state index in [1.54, 1.807) is 6.20 Å². The summed E-state index contributed by atoms with van der Waals surface area (Å²) in [4.78, 5) is 10.5. The average Bonchev–Trinajstić information content (AvgIpc) is 3.10. The summed E-state index contributed by atoms with van der Waals surface area (Å²) in [6.07, 6.45) is 3.21. The Bertz CT molecular complexity index is 732. The van der Waals surface area contributed by atoms with Gasteiger partial charge in [0, 0.05) is 24.0 Å². The first-order valence-corrected chi connectivity index (χ1v) is 7.49. The number of morpholine rings is 1. The van der Waals surface area contributed by atoms with Crippen molar-refractivity contribution in [1.82, 2.24) is 9.97 Å². The molecule has 0 aliphatic carbocycles. The van der Waals surface area contributed by atoms with Crippen molar-refractivity contribution in [3.8, 4) is 11.1 Å². The number of fused-ring (bicyclic) bond motifs is 2. The first-order valence-electron chi connectivity index (χ1n) is 7.49.